The second kappa shape index (κ2) is 6.96. The van der Waals surface area contributed by atoms with Gasteiger partial charge in [0.2, 0.25) is 0 Å². The smallest absolute Gasteiger partial charge is 0.253 e. The lowest BCUT2D eigenvalue weighted by molar-refractivity contribution is 0.0781. The number of aliphatic hydroxyl groups excluding tert-OH is 1. The summed E-state index contributed by atoms with van der Waals surface area (Å²) >= 11 is 0. The van der Waals surface area contributed by atoms with E-state index in [-0.39, 0.29) is 29.8 Å². The van der Waals surface area contributed by atoms with E-state index >= 15 is 0 Å². The van der Waals surface area contributed by atoms with E-state index in [1.807, 2.05) is 41.3 Å². The molecular weight excluding hydrogens is 312 g/mol. The number of aromatic nitrogens is 1. The van der Waals surface area contributed by atoms with Crippen molar-refractivity contribution >= 4 is 5.91 Å². The van der Waals surface area contributed by atoms with E-state index in [9.17, 15) is 9.90 Å². The molecule has 1 aromatic carbocycles. The van der Waals surface area contributed by atoms with Crippen LogP contribution in [-0.2, 0) is 5.41 Å². The van der Waals surface area contributed by atoms with Crippen molar-refractivity contribution < 1.29 is 9.90 Å². The molecular formula is C21H26N2O2. The highest BCUT2D eigenvalue weighted by molar-refractivity contribution is 5.94. The molecule has 0 saturated carbocycles. The molecule has 132 valence electrons. The van der Waals surface area contributed by atoms with Crippen LogP contribution in [0.1, 0.15) is 48.2 Å². The molecule has 1 amide bonds. The summed E-state index contributed by atoms with van der Waals surface area (Å²) in [4.78, 5) is 18.8. The Kier molecular flexibility index (Phi) is 4.91. The van der Waals surface area contributed by atoms with E-state index in [0.29, 0.717) is 18.7 Å². The number of hydrogen-bond donors (Lipinski definition) is 1. The van der Waals surface area contributed by atoms with Gasteiger partial charge in [0.05, 0.1) is 0 Å². The lowest BCUT2D eigenvalue weighted by atomic mass is 9.86. The van der Waals surface area contributed by atoms with E-state index in [1.165, 1.54) is 5.56 Å². The molecule has 1 N–H and O–H groups in total. The fourth-order valence-electron chi connectivity index (χ4n) is 3.51. The van der Waals surface area contributed by atoms with Crippen molar-refractivity contribution in [3.8, 4) is 0 Å². The number of amides is 1. The zero-order valence-corrected chi connectivity index (χ0v) is 15.1. The Bertz CT molecular complexity index is 720. The molecule has 3 rings (SSSR count). The normalized spacial score (nSPS) is 20.7. The van der Waals surface area contributed by atoms with Gasteiger partial charge in [-0.2, -0.15) is 0 Å². The Hall–Kier alpha value is -2.20. The van der Waals surface area contributed by atoms with Crippen LogP contribution in [0.5, 0.6) is 0 Å². The topological polar surface area (TPSA) is 53.4 Å². The average Bonchev–Trinajstić information content (AvgIpc) is 3.05. The molecule has 1 aliphatic rings. The Morgan fingerprint density at radius 2 is 1.76 bits per heavy atom. The molecule has 4 nitrogen and oxygen atoms in total. The first-order valence-electron chi connectivity index (χ1n) is 8.80. The fourth-order valence-corrected chi connectivity index (χ4v) is 3.51. The summed E-state index contributed by atoms with van der Waals surface area (Å²) in [6, 6.07) is 11.8. The molecule has 1 saturated heterocycles. The molecule has 2 atom stereocenters. The van der Waals surface area contributed by atoms with E-state index in [0.717, 1.165) is 5.56 Å². The highest BCUT2D eigenvalue weighted by Crippen LogP contribution is 2.33. The van der Waals surface area contributed by atoms with Gasteiger partial charge in [0.1, 0.15) is 0 Å². The molecule has 0 radical (unpaired) electrons. The first kappa shape index (κ1) is 17.6. The van der Waals surface area contributed by atoms with Crippen molar-refractivity contribution in [3.05, 3.63) is 65.5 Å². The van der Waals surface area contributed by atoms with Crippen LogP contribution in [0.2, 0.25) is 0 Å². The lowest BCUT2D eigenvalue weighted by Crippen LogP contribution is -2.29. The van der Waals surface area contributed by atoms with Gasteiger partial charge in [-0.1, -0.05) is 32.9 Å². The number of likely N-dealkylation sites (tertiary alicyclic amines) is 1. The van der Waals surface area contributed by atoms with Crippen molar-refractivity contribution in [2.24, 2.45) is 5.92 Å². The number of nitrogens with zero attached hydrogens (tertiary/aromatic N) is 2. The van der Waals surface area contributed by atoms with Gasteiger partial charge >= 0.3 is 0 Å². The Balaban J connectivity index is 1.77. The van der Waals surface area contributed by atoms with Crippen LogP contribution in [0, 0.1) is 5.92 Å². The number of carbonyl (C=O) groups excluding carboxylic acids is 1. The molecule has 1 aliphatic heterocycles. The maximum atomic E-state index is 12.9. The van der Waals surface area contributed by atoms with Gasteiger partial charge in [0, 0.05) is 49.5 Å². The SMILES string of the molecule is CC(C)(C)c1ccc(C(=O)N2C[C@@H](CO)[C@H](c3ccncc3)C2)cc1. The van der Waals surface area contributed by atoms with Crippen LogP contribution in [-0.4, -0.2) is 40.6 Å². The minimum absolute atomic E-state index is 0.0375. The zero-order valence-electron chi connectivity index (χ0n) is 15.1. The molecule has 1 aromatic heterocycles. The van der Waals surface area contributed by atoms with Crippen molar-refractivity contribution in [1.82, 2.24) is 9.88 Å². The maximum absolute atomic E-state index is 12.9. The van der Waals surface area contributed by atoms with E-state index < -0.39 is 0 Å². The standard InChI is InChI=1S/C21H26N2O2/c1-21(2,3)18-6-4-16(5-7-18)20(25)23-12-17(14-24)19(13-23)15-8-10-22-11-9-15/h4-11,17,19,24H,12-14H2,1-3H3/t17-,19-/m0/s1. The number of hydrogen-bond acceptors (Lipinski definition) is 3. The monoisotopic (exact) mass is 338 g/mol. The minimum Gasteiger partial charge on any atom is -0.396 e. The molecule has 0 bridgehead atoms. The quantitative estimate of drug-likeness (QED) is 0.935. The molecule has 4 heteroatoms. The molecule has 0 unspecified atom stereocenters. The third kappa shape index (κ3) is 3.74. The molecule has 2 aromatic rings. The van der Waals surface area contributed by atoms with Gasteiger partial charge in [-0.15, -0.1) is 0 Å². The summed E-state index contributed by atoms with van der Waals surface area (Å²) in [5.41, 5.74) is 3.13. The number of pyridine rings is 1. The van der Waals surface area contributed by atoms with Crippen molar-refractivity contribution in [3.63, 3.8) is 0 Å². The highest BCUT2D eigenvalue weighted by Gasteiger charge is 2.36. The first-order chi connectivity index (χ1) is 11.9. The second-order valence-electron chi connectivity index (χ2n) is 7.87. The number of aliphatic hydroxyl groups is 1. The van der Waals surface area contributed by atoms with Gasteiger partial charge in [0.15, 0.2) is 0 Å². The molecule has 0 spiro atoms. The summed E-state index contributed by atoms with van der Waals surface area (Å²) in [6.07, 6.45) is 3.53. The number of carbonyl (C=O) groups is 1. The van der Waals surface area contributed by atoms with E-state index in [1.54, 1.807) is 12.4 Å². The van der Waals surface area contributed by atoms with Gasteiger partial charge in [-0.3, -0.25) is 9.78 Å². The third-order valence-corrected chi connectivity index (χ3v) is 5.09. The summed E-state index contributed by atoms with van der Waals surface area (Å²) < 4.78 is 0. The van der Waals surface area contributed by atoms with E-state index in [4.69, 9.17) is 0 Å². The summed E-state index contributed by atoms with van der Waals surface area (Å²) in [5, 5.41) is 9.74. The Labute approximate surface area is 149 Å². The van der Waals surface area contributed by atoms with Crippen LogP contribution < -0.4 is 0 Å². The number of rotatable bonds is 3. The van der Waals surface area contributed by atoms with Gasteiger partial charge in [0.25, 0.3) is 5.91 Å². The molecule has 25 heavy (non-hydrogen) atoms. The van der Waals surface area contributed by atoms with Crippen LogP contribution >= 0.6 is 0 Å². The summed E-state index contributed by atoms with van der Waals surface area (Å²) in [5.74, 6) is 0.265. The minimum atomic E-state index is 0.0375. The lowest BCUT2D eigenvalue weighted by Gasteiger charge is -2.20. The molecule has 1 fully saturated rings. The Morgan fingerprint density at radius 1 is 1.12 bits per heavy atom. The number of benzene rings is 1. The van der Waals surface area contributed by atoms with Crippen molar-refractivity contribution in [2.45, 2.75) is 32.1 Å². The van der Waals surface area contributed by atoms with Crippen LogP contribution in [0.4, 0.5) is 0 Å². The van der Waals surface area contributed by atoms with Crippen molar-refractivity contribution in [1.29, 1.82) is 0 Å². The van der Waals surface area contributed by atoms with Crippen LogP contribution in [0.3, 0.4) is 0 Å². The summed E-state index contributed by atoms with van der Waals surface area (Å²) in [6.45, 7) is 7.79. The third-order valence-electron chi connectivity index (χ3n) is 5.09. The molecule has 0 aliphatic carbocycles. The largest absolute Gasteiger partial charge is 0.396 e. The maximum Gasteiger partial charge on any atom is 0.253 e. The average molecular weight is 338 g/mol. The second-order valence-corrected chi connectivity index (χ2v) is 7.87. The van der Waals surface area contributed by atoms with Gasteiger partial charge in [-0.05, 0) is 40.8 Å². The fraction of sp³-hybridized carbons (Fsp3) is 0.429. The van der Waals surface area contributed by atoms with Gasteiger partial charge in [-0.25, -0.2) is 0 Å². The predicted molar refractivity (Wildman–Crippen MR) is 98.6 cm³/mol. The van der Waals surface area contributed by atoms with Gasteiger partial charge < -0.3 is 10.0 Å². The van der Waals surface area contributed by atoms with Crippen molar-refractivity contribution in [2.75, 3.05) is 19.7 Å². The Morgan fingerprint density at radius 3 is 2.32 bits per heavy atom. The highest BCUT2D eigenvalue weighted by atomic mass is 16.3. The predicted octanol–water partition coefficient (Wildman–Crippen LogP) is 3.23. The van der Waals surface area contributed by atoms with Crippen LogP contribution in [0.15, 0.2) is 48.8 Å². The zero-order chi connectivity index (χ0) is 18.0. The molecule has 2 heterocycles. The van der Waals surface area contributed by atoms with Crippen LogP contribution in [0.25, 0.3) is 0 Å². The van der Waals surface area contributed by atoms with E-state index in [2.05, 4.69) is 25.8 Å². The first-order valence-corrected chi connectivity index (χ1v) is 8.80. The summed E-state index contributed by atoms with van der Waals surface area (Å²) in [7, 11) is 0.